The number of nitrogens with one attached hydrogen (secondary N) is 1. The van der Waals surface area contributed by atoms with Crippen molar-refractivity contribution in [3.8, 4) is 29.0 Å². The Labute approximate surface area is 537 Å². The predicted molar refractivity (Wildman–Crippen MR) is 341 cm³/mol. The normalized spacial score (nSPS) is 13.2. The molecule has 2 amide bonds. The van der Waals surface area contributed by atoms with Crippen LogP contribution in [0.25, 0.3) is 11.4 Å². The van der Waals surface area contributed by atoms with Gasteiger partial charge in [0.2, 0.25) is 0 Å². The third kappa shape index (κ3) is 17.5. The standard InChI is InChI=1S/C20H22BrFN6O2.C20H21FN6O2.C12H10BrFIN3O.C7H13N3/c1-4-28-11-13(8-25-28)10-27(3)20(29)15-6-5-14(22)7-16(15)12(2)30-19-18(23)24-9-17(21)26-19;1-4-27-17-12(8-24-27)10-26(3)20(28)14-6-5-13(21)7-15(14)11(2)29-19-18(22)23-9-16(17)25-19;1-6(8-4-7(14)2-3-9(8)15)19-12-11(16)17-5-10(13)18-12;1-3-10-6-7(4-8-2)5-9-10/h5-9,11-12H,4,10H2,1-3H3,(H2,23,24);5-9,11H,4,10H2,1-3H3,(H2,22,23);2-6H,1H3,(H2,16,17);5-6,8H,3-4H2,1-2H3/t12-;11-;6-;/m111./s1. The number of aromatic nitrogens is 12. The molecule has 7 heterocycles. The average Bonchev–Trinajstić information content (AvgIpc) is 1.83. The van der Waals surface area contributed by atoms with Crippen molar-refractivity contribution < 1.29 is 37.0 Å². The van der Waals surface area contributed by atoms with Gasteiger partial charge in [0.05, 0.1) is 42.9 Å². The van der Waals surface area contributed by atoms with Crippen LogP contribution in [0.15, 0.2) is 113 Å². The van der Waals surface area contributed by atoms with E-state index in [-0.39, 0.29) is 58.8 Å². The molecule has 1 aliphatic heterocycles. The molecule has 0 saturated heterocycles. The minimum atomic E-state index is -0.693. The first-order valence-corrected chi connectivity index (χ1v) is 30.1. The number of nitrogens with two attached hydrogens (primary N) is 3. The Morgan fingerprint density at radius 1 is 0.761 bits per heavy atom. The van der Waals surface area contributed by atoms with E-state index < -0.39 is 23.8 Å². The molecule has 0 unspecified atom stereocenters. The SMILES string of the molecule is CCn1cc(CN(C)C(=O)c2ccc(F)cc2[C@@H](C)Oc2nc(Br)cnc2N)cn1.CCn1cc(CNC)cn1.CCn1ncc2c1-c1cnc(N)c(n1)O[C@H](C)c1cc(F)ccc1C(=O)N(C)C2.C[C@@H](Oc1nc(Br)cnc1N)c1cc(F)ccc1I. The molecule has 9 aromatic rings. The van der Waals surface area contributed by atoms with E-state index >= 15 is 0 Å². The first kappa shape index (κ1) is 67.2. The van der Waals surface area contributed by atoms with E-state index in [9.17, 15) is 22.8 Å². The van der Waals surface area contributed by atoms with Crippen molar-refractivity contribution in [3.63, 3.8) is 0 Å². The molecule has 7 N–H and O–H groups in total. The fourth-order valence-corrected chi connectivity index (χ4v) is 10.1. The lowest BCUT2D eigenvalue weighted by Crippen LogP contribution is -2.28. The van der Waals surface area contributed by atoms with Gasteiger partial charge in [-0.25, -0.2) is 43.1 Å². The maximum absolute atomic E-state index is 14.0. The molecular weight excluding hydrogens is 1380 g/mol. The number of halogens is 6. The number of amides is 2. The van der Waals surface area contributed by atoms with E-state index in [1.54, 1.807) is 78.7 Å². The second kappa shape index (κ2) is 31.1. The van der Waals surface area contributed by atoms with Gasteiger partial charge in [-0.1, -0.05) is 0 Å². The first-order valence-electron chi connectivity index (χ1n) is 27.5. The second-order valence-electron chi connectivity index (χ2n) is 19.7. The summed E-state index contributed by atoms with van der Waals surface area (Å²) in [4.78, 5) is 54.3. The summed E-state index contributed by atoms with van der Waals surface area (Å²) in [6.45, 7) is 15.1. The number of ether oxygens (including phenoxy) is 3. The zero-order chi connectivity index (χ0) is 63.9. The molecule has 1 aliphatic rings. The molecule has 6 aromatic heterocycles. The average molecular weight is 1450 g/mol. The molecule has 10 rings (SSSR count). The van der Waals surface area contributed by atoms with Gasteiger partial charge in [0.1, 0.15) is 50.7 Å². The fourth-order valence-electron chi connectivity index (χ4n) is 8.82. The summed E-state index contributed by atoms with van der Waals surface area (Å²) in [5.41, 5.74) is 23.9. The van der Waals surface area contributed by atoms with Crippen LogP contribution < -0.4 is 36.7 Å². The zero-order valence-electron chi connectivity index (χ0n) is 49.6. The van der Waals surface area contributed by atoms with E-state index in [1.807, 2.05) is 38.0 Å². The number of nitrogen functional groups attached to an aromatic ring is 3. The lowest BCUT2D eigenvalue weighted by molar-refractivity contribution is 0.0773. The fraction of sp³-hybridized carbons (Fsp3) is 0.305. The van der Waals surface area contributed by atoms with Gasteiger partial charge >= 0.3 is 0 Å². The van der Waals surface area contributed by atoms with Gasteiger partial charge in [0.15, 0.2) is 17.5 Å². The summed E-state index contributed by atoms with van der Waals surface area (Å²) in [5.74, 6) is -0.892. The Balaban J connectivity index is 0.000000178. The topological polar surface area (TPSA) is 289 Å². The van der Waals surface area contributed by atoms with Crippen LogP contribution in [0.4, 0.5) is 30.6 Å². The third-order valence-electron chi connectivity index (χ3n) is 13.2. The van der Waals surface area contributed by atoms with Crippen LogP contribution in [0, 0.1) is 21.0 Å². The molecular formula is C59H66Br2F3IN18O5. The number of hydrogen-bond donors (Lipinski definition) is 4. The second-order valence-corrected chi connectivity index (χ2v) is 22.5. The number of rotatable bonds is 14. The number of carbonyl (C=O) groups is 2. The number of benzene rings is 3. The Morgan fingerprint density at radius 3 is 1.92 bits per heavy atom. The van der Waals surface area contributed by atoms with Crippen LogP contribution in [0.5, 0.6) is 17.6 Å². The lowest BCUT2D eigenvalue weighted by atomic mass is 10.0. The number of hydrogen-bond acceptors (Lipinski definition) is 18. The Bertz CT molecular complexity index is 3870. The molecule has 3 aromatic carbocycles. The summed E-state index contributed by atoms with van der Waals surface area (Å²) < 4.78 is 65.9. The molecule has 0 saturated carbocycles. The maximum atomic E-state index is 14.0. The smallest absolute Gasteiger partial charge is 0.258 e. The Hall–Kier alpha value is -8.29. The molecule has 0 fully saturated rings. The van der Waals surface area contributed by atoms with Crippen molar-refractivity contribution in [2.24, 2.45) is 0 Å². The van der Waals surface area contributed by atoms with Gasteiger partial charge in [-0.2, -0.15) is 15.3 Å². The van der Waals surface area contributed by atoms with Crippen molar-refractivity contribution in [3.05, 3.63) is 179 Å². The summed E-state index contributed by atoms with van der Waals surface area (Å²) in [6, 6.07) is 12.6. The van der Waals surface area contributed by atoms with E-state index in [0.29, 0.717) is 56.8 Å². The molecule has 0 spiro atoms. The van der Waals surface area contributed by atoms with Crippen LogP contribution in [0.1, 0.15) is 114 Å². The highest BCUT2D eigenvalue weighted by Crippen LogP contribution is 2.34. The van der Waals surface area contributed by atoms with Gasteiger partial charge in [0.25, 0.3) is 29.5 Å². The number of anilines is 3. The Morgan fingerprint density at radius 2 is 1.32 bits per heavy atom. The van der Waals surface area contributed by atoms with Crippen molar-refractivity contribution in [1.29, 1.82) is 0 Å². The predicted octanol–water partition coefficient (Wildman–Crippen LogP) is 10.7. The number of aryl methyl sites for hydroxylation is 3. The summed E-state index contributed by atoms with van der Waals surface area (Å²) in [7, 11) is 5.31. The molecule has 0 radical (unpaired) electrons. The van der Waals surface area contributed by atoms with E-state index in [0.717, 1.165) is 45.6 Å². The van der Waals surface area contributed by atoms with Crippen molar-refractivity contribution in [1.82, 2.24) is 74.4 Å². The van der Waals surface area contributed by atoms with Gasteiger partial charge < -0.3 is 46.5 Å². The number of carbonyl (C=O) groups excluding carboxylic acids is 2. The highest BCUT2D eigenvalue weighted by molar-refractivity contribution is 14.1. The largest absolute Gasteiger partial charge is 0.467 e. The minimum Gasteiger partial charge on any atom is -0.467 e. The van der Waals surface area contributed by atoms with E-state index in [4.69, 9.17) is 31.4 Å². The van der Waals surface area contributed by atoms with Crippen molar-refractivity contribution in [2.75, 3.05) is 38.3 Å². The van der Waals surface area contributed by atoms with Crippen LogP contribution >= 0.6 is 54.5 Å². The maximum Gasteiger partial charge on any atom is 0.258 e. The molecule has 0 aliphatic carbocycles. The third-order valence-corrected chi connectivity index (χ3v) is 15.0. The van der Waals surface area contributed by atoms with Crippen LogP contribution in [0.3, 0.4) is 0 Å². The van der Waals surface area contributed by atoms with Crippen LogP contribution in [-0.4, -0.2) is 102 Å². The molecule has 2 bridgehead atoms. The van der Waals surface area contributed by atoms with Gasteiger partial charge in [-0.3, -0.25) is 23.6 Å². The summed E-state index contributed by atoms with van der Waals surface area (Å²) in [6.07, 6.45) is 12.0. The van der Waals surface area contributed by atoms with Gasteiger partial charge in [-0.15, -0.1) is 0 Å². The molecule has 29 heteroatoms. The quantitative estimate of drug-likeness (QED) is 0.0736. The van der Waals surface area contributed by atoms with E-state index in [2.05, 4.69) is 118 Å². The van der Waals surface area contributed by atoms with Crippen molar-refractivity contribution >= 4 is 83.7 Å². The highest BCUT2D eigenvalue weighted by Gasteiger charge is 2.27. The monoisotopic (exact) mass is 1450 g/mol. The van der Waals surface area contributed by atoms with Gasteiger partial charge in [0, 0.05) is 114 Å². The molecule has 464 valence electrons. The number of fused-ring (bicyclic) bond motifs is 5. The number of nitrogens with zero attached hydrogens (tertiary/aromatic N) is 14. The van der Waals surface area contributed by atoms with Gasteiger partial charge in [-0.05, 0) is 158 Å². The Kier molecular flexibility index (Phi) is 23.7. The first-order chi connectivity index (χ1) is 42.0. The minimum absolute atomic E-state index is 0.0967. The summed E-state index contributed by atoms with van der Waals surface area (Å²) >= 11 is 8.54. The molecule has 3 atom stereocenters. The van der Waals surface area contributed by atoms with Crippen LogP contribution in [0.2, 0.25) is 0 Å². The van der Waals surface area contributed by atoms with Crippen molar-refractivity contribution in [2.45, 2.75) is 99.1 Å². The van der Waals surface area contributed by atoms with E-state index in [1.165, 1.54) is 66.5 Å². The van der Waals surface area contributed by atoms with Crippen LogP contribution in [-0.2, 0) is 39.3 Å². The summed E-state index contributed by atoms with van der Waals surface area (Å²) in [5, 5.41) is 15.8. The lowest BCUT2D eigenvalue weighted by Gasteiger charge is -2.23. The highest BCUT2D eigenvalue weighted by atomic mass is 127. The molecule has 23 nitrogen and oxygen atoms in total. The molecule has 88 heavy (non-hydrogen) atoms. The zero-order valence-corrected chi connectivity index (χ0v) is 54.9.